The first-order valence-corrected chi connectivity index (χ1v) is 3.51. The quantitative estimate of drug-likeness (QED) is 0.627. The summed E-state index contributed by atoms with van der Waals surface area (Å²) in [4.78, 5) is 8.90. The number of hydrogen-bond donors (Lipinski definition) is 3. The maximum Gasteiger partial charge on any atom is 0.490 e. The summed E-state index contributed by atoms with van der Waals surface area (Å²) in [6.07, 6.45) is -5.08. The average Bonchev–Trinajstić information content (AvgIpc) is 2.02. The predicted molar refractivity (Wildman–Crippen MR) is 43.5 cm³/mol. The van der Waals surface area contributed by atoms with E-state index in [0.29, 0.717) is 0 Å². The van der Waals surface area contributed by atoms with E-state index in [2.05, 4.69) is 0 Å². The summed E-state index contributed by atoms with van der Waals surface area (Å²) in [5.41, 5.74) is 0. The highest BCUT2D eigenvalue weighted by Crippen LogP contribution is 2.14. The van der Waals surface area contributed by atoms with E-state index in [4.69, 9.17) is 20.1 Å². The van der Waals surface area contributed by atoms with Gasteiger partial charge in [0.2, 0.25) is 0 Å². The molecule has 1 rings (SSSR count). The third-order valence-corrected chi connectivity index (χ3v) is 1.07. The first kappa shape index (κ1) is 13.1. The SMILES string of the molecule is O=C(O)C(F)(F)F.Oc1cccc(O)c1. The molecule has 0 aliphatic heterocycles. The van der Waals surface area contributed by atoms with E-state index >= 15 is 0 Å². The van der Waals surface area contributed by atoms with Gasteiger partial charge in [0.1, 0.15) is 11.5 Å². The lowest BCUT2D eigenvalue weighted by molar-refractivity contribution is -0.192. The zero-order valence-electron chi connectivity index (χ0n) is 7.19. The lowest BCUT2D eigenvalue weighted by Gasteiger charge is -1.93. The van der Waals surface area contributed by atoms with Gasteiger partial charge in [0.15, 0.2) is 0 Å². The number of hydrogen-bond acceptors (Lipinski definition) is 3. The number of alkyl halides is 3. The molecule has 0 bridgehead atoms. The van der Waals surface area contributed by atoms with Crippen molar-refractivity contribution in [2.45, 2.75) is 6.18 Å². The number of carbonyl (C=O) groups is 1. The van der Waals surface area contributed by atoms with Crippen LogP contribution in [0.2, 0.25) is 0 Å². The molecule has 7 heteroatoms. The Labute approximate surface area is 82.2 Å². The Morgan fingerprint density at radius 1 is 1.13 bits per heavy atom. The van der Waals surface area contributed by atoms with Crippen molar-refractivity contribution < 1.29 is 33.3 Å². The summed E-state index contributed by atoms with van der Waals surface area (Å²) < 4.78 is 31.7. The van der Waals surface area contributed by atoms with Crippen molar-refractivity contribution in [1.82, 2.24) is 0 Å². The number of benzene rings is 1. The minimum absolute atomic E-state index is 0.0880. The molecule has 4 nitrogen and oxygen atoms in total. The van der Waals surface area contributed by atoms with E-state index in [-0.39, 0.29) is 11.5 Å². The maximum absolute atomic E-state index is 10.6. The van der Waals surface area contributed by atoms with Gasteiger partial charge in [-0.2, -0.15) is 13.2 Å². The van der Waals surface area contributed by atoms with E-state index in [1.165, 1.54) is 18.2 Å². The second kappa shape index (κ2) is 5.08. The van der Waals surface area contributed by atoms with Crippen molar-refractivity contribution in [3.05, 3.63) is 24.3 Å². The van der Waals surface area contributed by atoms with Gasteiger partial charge in [-0.05, 0) is 12.1 Å². The summed E-state index contributed by atoms with van der Waals surface area (Å²) in [6.45, 7) is 0. The Morgan fingerprint density at radius 3 is 1.60 bits per heavy atom. The van der Waals surface area contributed by atoms with Crippen LogP contribution in [0.5, 0.6) is 11.5 Å². The standard InChI is InChI=1S/C6H6O2.C2HF3O2/c7-5-2-1-3-6(8)4-5;3-2(4,5)1(6)7/h1-4,7-8H;(H,6,7). The Kier molecular flexibility index (Phi) is 4.43. The fourth-order valence-electron chi connectivity index (χ4n) is 0.493. The van der Waals surface area contributed by atoms with Gasteiger partial charge in [-0.1, -0.05) is 6.07 Å². The van der Waals surface area contributed by atoms with Crippen LogP contribution < -0.4 is 0 Å². The molecule has 0 radical (unpaired) electrons. The highest BCUT2D eigenvalue weighted by atomic mass is 19.4. The lowest BCUT2D eigenvalue weighted by Crippen LogP contribution is -2.21. The summed E-state index contributed by atoms with van der Waals surface area (Å²) in [5.74, 6) is -2.58. The van der Waals surface area contributed by atoms with Gasteiger partial charge >= 0.3 is 12.1 Å². The van der Waals surface area contributed by atoms with Crippen LogP contribution in [0, 0.1) is 0 Å². The van der Waals surface area contributed by atoms with E-state index in [0.717, 1.165) is 0 Å². The number of phenolic OH excluding ortho intramolecular Hbond substituents is 2. The molecule has 3 N–H and O–H groups in total. The maximum atomic E-state index is 10.6. The number of phenols is 2. The molecule has 0 fully saturated rings. The van der Waals surface area contributed by atoms with Gasteiger partial charge in [0.05, 0.1) is 0 Å². The number of carboxylic acids is 1. The van der Waals surface area contributed by atoms with Gasteiger partial charge in [0.25, 0.3) is 0 Å². The van der Waals surface area contributed by atoms with E-state index in [1.54, 1.807) is 6.07 Å². The predicted octanol–water partition coefficient (Wildman–Crippen LogP) is 1.73. The molecule has 0 aromatic heterocycles. The van der Waals surface area contributed by atoms with Gasteiger partial charge < -0.3 is 15.3 Å². The average molecular weight is 224 g/mol. The molecule has 0 saturated carbocycles. The van der Waals surface area contributed by atoms with Gasteiger partial charge in [-0.25, -0.2) is 4.79 Å². The summed E-state index contributed by atoms with van der Waals surface area (Å²) in [7, 11) is 0. The Bertz CT molecular complexity index is 318. The summed E-state index contributed by atoms with van der Waals surface area (Å²) in [6, 6.07) is 5.85. The fourth-order valence-corrected chi connectivity index (χ4v) is 0.493. The number of carboxylic acid groups (broad SMARTS) is 1. The molecule has 15 heavy (non-hydrogen) atoms. The Hall–Kier alpha value is -1.92. The van der Waals surface area contributed by atoms with Crippen molar-refractivity contribution in [3.63, 3.8) is 0 Å². The monoisotopic (exact) mass is 224 g/mol. The Morgan fingerprint density at radius 2 is 1.47 bits per heavy atom. The molecule has 0 amide bonds. The van der Waals surface area contributed by atoms with E-state index < -0.39 is 12.1 Å². The topological polar surface area (TPSA) is 77.8 Å². The minimum atomic E-state index is -5.08. The van der Waals surface area contributed by atoms with Crippen LogP contribution in [-0.4, -0.2) is 27.5 Å². The van der Waals surface area contributed by atoms with Gasteiger partial charge in [-0.15, -0.1) is 0 Å². The van der Waals surface area contributed by atoms with Crippen LogP contribution in [0.4, 0.5) is 13.2 Å². The fraction of sp³-hybridized carbons (Fsp3) is 0.125. The van der Waals surface area contributed by atoms with Crippen LogP contribution in [-0.2, 0) is 4.79 Å². The number of halogens is 3. The molecular weight excluding hydrogens is 217 g/mol. The van der Waals surface area contributed by atoms with Crippen molar-refractivity contribution in [3.8, 4) is 11.5 Å². The normalized spacial score (nSPS) is 10.1. The van der Waals surface area contributed by atoms with Gasteiger partial charge in [0, 0.05) is 6.07 Å². The molecule has 0 aliphatic carbocycles. The third kappa shape index (κ3) is 6.19. The molecule has 0 heterocycles. The molecule has 1 aromatic carbocycles. The van der Waals surface area contributed by atoms with Crippen LogP contribution >= 0.6 is 0 Å². The number of rotatable bonds is 0. The summed E-state index contributed by atoms with van der Waals surface area (Å²) in [5, 5.41) is 24.4. The molecule has 0 saturated heterocycles. The van der Waals surface area contributed by atoms with Crippen molar-refractivity contribution in [2.75, 3.05) is 0 Å². The Balaban J connectivity index is 0.000000265. The zero-order chi connectivity index (χ0) is 12.1. The van der Waals surface area contributed by atoms with Crippen LogP contribution in [0.1, 0.15) is 0 Å². The van der Waals surface area contributed by atoms with Crippen LogP contribution in [0.15, 0.2) is 24.3 Å². The number of aromatic hydroxyl groups is 2. The van der Waals surface area contributed by atoms with Gasteiger partial charge in [-0.3, -0.25) is 0 Å². The van der Waals surface area contributed by atoms with Crippen molar-refractivity contribution in [1.29, 1.82) is 0 Å². The molecule has 0 unspecified atom stereocenters. The molecule has 0 spiro atoms. The minimum Gasteiger partial charge on any atom is -0.508 e. The van der Waals surface area contributed by atoms with E-state index in [1.807, 2.05) is 0 Å². The first-order chi connectivity index (χ1) is 6.73. The molecule has 0 atom stereocenters. The van der Waals surface area contributed by atoms with Crippen LogP contribution in [0.3, 0.4) is 0 Å². The summed E-state index contributed by atoms with van der Waals surface area (Å²) >= 11 is 0. The van der Waals surface area contributed by atoms with Crippen LogP contribution in [0.25, 0.3) is 0 Å². The molecule has 1 aromatic rings. The largest absolute Gasteiger partial charge is 0.508 e. The first-order valence-electron chi connectivity index (χ1n) is 3.51. The second-order valence-corrected chi connectivity index (χ2v) is 2.32. The smallest absolute Gasteiger partial charge is 0.490 e. The second-order valence-electron chi connectivity index (χ2n) is 2.32. The highest BCUT2D eigenvalue weighted by molar-refractivity contribution is 5.73. The highest BCUT2D eigenvalue weighted by Gasteiger charge is 2.38. The molecule has 0 aliphatic rings. The zero-order valence-corrected chi connectivity index (χ0v) is 7.19. The molecular formula is C8H7F3O4. The lowest BCUT2D eigenvalue weighted by atomic mass is 10.3. The number of aliphatic carboxylic acids is 1. The van der Waals surface area contributed by atoms with Crippen molar-refractivity contribution in [2.24, 2.45) is 0 Å². The third-order valence-electron chi connectivity index (χ3n) is 1.07. The van der Waals surface area contributed by atoms with Crippen molar-refractivity contribution >= 4 is 5.97 Å². The molecule has 84 valence electrons. The van der Waals surface area contributed by atoms with E-state index in [9.17, 15) is 13.2 Å².